The molecule has 1 saturated heterocycles. The van der Waals surface area contributed by atoms with Crippen molar-refractivity contribution in [2.24, 2.45) is 11.8 Å². The zero-order valence-corrected chi connectivity index (χ0v) is 19.7. The number of carbonyl (C=O) groups is 2. The van der Waals surface area contributed by atoms with E-state index in [9.17, 15) is 14.0 Å². The predicted octanol–water partition coefficient (Wildman–Crippen LogP) is 4.88. The van der Waals surface area contributed by atoms with Crippen LogP contribution in [0.15, 0.2) is 12.1 Å². The Balaban J connectivity index is 1.38. The molecule has 1 N–H and O–H groups in total. The van der Waals surface area contributed by atoms with Crippen molar-refractivity contribution in [1.29, 1.82) is 0 Å². The molecule has 1 heterocycles. The Labute approximate surface area is 191 Å². The number of amides is 2. The number of hydrogen-bond acceptors (Lipinski definition) is 3. The lowest BCUT2D eigenvalue weighted by Crippen LogP contribution is -2.54. The van der Waals surface area contributed by atoms with Gasteiger partial charge in [0.15, 0.2) is 0 Å². The average molecular weight is 444 g/mol. The Hall–Kier alpha value is -1.95. The van der Waals surface area contributed by atoms with E-state index in [0.717, 1.165) is 69.3 Å². The number of hydrogen-bond donors (Lipinski definition) is 1. The third-order valence-electron chi connectivity index (χ3n) is 7.81. The van der Waals surface area contributed by atoms with E-state index < -0.39 is 0 Å². The number of nitrogens with one attached hydrogen (secondary N) is 1. The number of piperazine rings is 1. The molecule has 2 aliphatic carbocycles. The molecule has 1 aromatic rings. The highest BCUT2D eigenvalue weighted by molar-refractivity contribution is 5.93. The first-order chi connectivity index (χ1) is 15.4. The number of anilines is 1. The lowest BCUT2D eigenvalue weighted by Gasteiger charge is -2.41. The summed E-state index contributed by atoms with van der Waals surface area (Å²) < 4.78 is 14.4. The highest BCUT2D eigenvalue weighted by atomic mass is 19.1. The maximum absolute atomic E-state index is 14.4. The molecule has 2 amide bonds. The normalized spacial score (nSPS) is 23.5. The van der Waals surface area contributed by atoms with Crippen molar-refractivity contribution in [3.63, 3.8) is 0 Å². The fraction of sp³-hybridized carbons (Fsp3) is 0.692. The van der Waals surface area contributed by atoms with Crippen molar-refractivity contribution in [1.82, 2.24) is 9.80 Å². The minimum Gasteiger partial charge on any atom is -0.337 e. The van der Waals surface area contributed by atoms with E-state index in [1.165, 1.54) is 25.3 Å². The van der Waals surface area contributed by atoms with E-state index in [2.05, 4.69) is 22.0 Å². The Morgan fingerprint density at radius 1 is 1.00 bits per heavy atom. The van der Waals surface area contributed by atoms with Gasteiger partial charge in [0.25, 0.3) is 0 Å². The quantitative estimate of drug-likeness (QED) is 0.706. The van der Waals surface area contributed by atoms with Gasteiger partial charge in [0, 0.05) is 49.7 Å². The van der Waals surface area contributed by atoms with E-state index in [1.54, 1.807) is 6.07 Å². The van der Waals surface area contributed by atoms with Gasteiger partial charge in [-0.15, -0.1) is 0 Å². The van der Waals surface area contributed by atoms with Crippen LogP contribution in [0.3, 0.4) is 0 Å². The maximum Gasteiger partial charge on any atom is 0.227 e. The van der Waals surface area contributed by atoms with Crippen molar-refractivity contribution >= 4 is 17.5 Å². The van der Waals surface area contributed by atoms with Gasteiger partial charge in [0.1, 0.15) is 5.82 Å². The molecular weight excluding hydrogens is 405 g/mol. The third kappa shape index (κ3) is 5.33. The summed E-state index contributed by atoms with van der Waals surface area (Å²) in [6.45, 7) is 7.03. The van der Waals surface area contributed by atoms with Gasteiger partial charge in [-0.3, -0.25) is 14.5 Å². The summed E-state index contributed by atoms with van der Waals surface area (Å²) in [6, 6.07) is 3.20. The van der Waals surface area contributed by atoms with Crippen molar-refractivity contribution in [2.75, 3.05) is 25.0 Å². The predicted molar refractivity (Wildman–Crippen MR) is 125 cm³/mol. The van der Waals surface area contributed by atoms with Crippen LogP contribution in [-0.4, -0.2) is 47.3 Å². The summed E-state index contributed by atoms with van der Waals surface area (Å²) in [5.74, 6) is 0.292. The zero-order valence-electron chi connectivity index (χ0n) is 19.7. The fourth-order valence-electron chi connectivity index (χ4n) is 5.78. The maximum atomic E-state index is 14.4. The van der Waals surface area contributed by atoms with Crippen molar-refractivity contribution in [3.8, 4) is 0 Å². The van der Waals surface area contributed by atoms with Crippen LogP contribution < -0.4 is 5.32 Å². The van der Waals surface area contributed by atoms with Crippen molar-refractivity contribution in [2.45, 2.75) is 84.2 Å². The van der Waals surface area contributed by atoms with E-state index in [0.29, 0.717) is 18.1 Å². The summed E-state index contributed by atoms with van der Waals surface area (Å²) in [7, 11) is 0. The highest BCUT2D eigenvalue weighted by Gasteiger charge is 2.33. The molecule has 1 aromatic carbocycles. The molecule has 4 rings (SSSR count). The molecule has 0 spiro atoms. The molecule has 1 aliphatic heterocycles. The van der Waals surface area contributed by atoms with Crippen LogP contribution in [0.25, 0.3) is 0 Å². The first-order valence-corrected chi connectivity index (χ1v) is 12.5. The van der Waals surface area contributed by atoms with Crippen LogP contribution in [0.1, 0.15) is 75.8 Å². The monoisotopic (exact) mass is 443 g/mol. The topological polar surface area (TPSA) is 52.6 Å². The van der Waals surface area contributed by atoms with E-state index in [-0.39, 0.29) is 29.6 Å². The van der Waals surface area contributed by atoms with E-state index in [1.807, 2.05) is 6.92 Å². The first-order valence-electron chi connectivity index (χ1n) is 12.5. The number of rotatable bonds is 5. The number of nitrogens with zero attached hydrogens (tertiary/aromatic N) is 2. The fourth-order valence-corrected chi connectivity index (χ4v) is 5.78. The third-order valence-corrected chi connectivity index (χ3v) is 7.81. The van der Waals surface area contributed by atoms with Crippen molar-refractivity contribution in [3.05, 3.63) is 29.1 Å². The van der Waals surface area contributed by atoms with E-state index in [4.69, 9.17) is 0 Å². The molecule has 0 aromatic heterocycles. The van der Waals surface area contributed by atoms with Gasteiger partial charge in [-0.25, -0.2) is 4.39 Å². The Bertz CT molecular complexity index is 831. The molecule has 3 fully saturated rings. The van der Waals surface area contributed by atoms with Crippen LogP contribution in [0.5, 0.6) is 0 Å². The molecular formula is C26H38FN3O2. The van der Waals surface area contributed by atoms with Crippen LogP contribution in [0, 0.1) is 24.6 Å². The Morgan fingerprint density at radius 2 is 1.66 bits per heavy atom. The summed E-state index contributed by atoms with van der Waals surface area (Å²) in [6.07, 6.45) is 9.64. The second kappa shape index (κ2) is 10.3. The molecule has 1 unspecified atom stereocenters. The number of halogens is 1. The summed E-state index contributed by atoms with van der Waals surface area (Å²) >= 11 is 0. The standard InChI is InChI=1S/C26H38FN3O2/c1-18-16-29(12-13-30(18)26(32)21-10-6-7-11-21)17-22-14-23(27)15-24(19(22)2)28-25(31)20-8-4-3-5-9-20/h14-15,18,20-21H,3-13,16-17H2,1-2H3,(H,28,31). The molecule has 0 radical (unpaired) electrons. The molecule has 176 valence electrons. The largest absolute Gasteiger partial charge is 0.337 e. The first kappa shape index (κ1) is 23.2. The van der Waals surface area contributed by atoms with Crippen LogP contribution >= 0.6 is 0 Å². The van der Waals surface area contributed by atoms with Crippen molar-refractivity contribution < 1.29 is 14.0 Å². The van der Waals surface area contributed by atoms with Gasteiger partial charge in [0.2, 0.25) is 11.8 Å². The zero-order chi connectivity index (χ0) is 22.7. The van der Waals surface area contributed by atoms with Gasteiger partial charge in [-0.2, -0.15) is 0 Å². The molecule has 0 bridgehead atoms. The van der Waals surface area contributed by atoms with Gasteiger partial charge in [-0.05, 0) is 62.8 Å². The number of benzene rings is 1. The average Bonchev–Trinajstić information content (AvgIpc) is 3.32. The van der Waals surface area contributed by atoms with Crippen LogP contribution in [0.4, 0.5) is 10.1 Å². The SMILES string of the molecule is Cc1c(CN2CCN(C(=O)C3CCCC3)C(C)C2)cc(F)cc1NC(=O)C1CCCCC1. The second-order valence-corrected chi connectivity index (χ2v) is 10.2. The molecule has 32 heavy (non-hydrogen) atoms. The van der Waals surface area contributed by atoms with Crippen LogP contribution in [0.2, 0.25) is 0 Å². The summed E-state index contributed by atoms with van der Waals surface area (Å²) in [5.41, 5.74) is 2.44. The lowest BCUT2D eigenvalue weighted by atomic mass is 9.88. The smallest absolute Gasteiger partial charge is 0.227 e. The molecule has 5 nitrogen and oxygen atoms in total. The minimum atomic E-state index is -0.312. The molecule has 3 aliphatic rings. The Kier molecular flexibility index (Phi) is 7.49. The van der Waals surface area contributed by atoms with Crippen LogP contribution in [-0.2, 0) is 16.1 Å². The van der Waals surface area contributed by atoms with E-state index >= 15 is 0 Å². The molecule has 6 heteroatoms. The van der Waals surface area contributed by atoms with Gasteiger partial charge in [0.05, 0.1) is 0 Å². The number of carbonyl (C=O) groups excluding carboxylic acids is 2. The van der Waals surface area contributed by atoms with Gasteiger partial charge in [-0.1, -0.05) is 32.1 Å². The van der Waals surface area contributed by atoms with Gasteiger partial charge >= 0.3 is 0 Å². The molecule has 1 atom stereocenters. The summed E-state index contributed by atoms with van der Waals surface area (Å²) in [5, 5.41) is 3.01. The second-order valence-electron chi connectivity index (χ2n) is 10.2. The summed E-state index contributed by atoms with van der Waals surface area (Å²) in [4.78, 5) is 29.9. The Morgan fingerprint density at radius 3 is 2.34 bits per heavy atom. The lowest BCUT2D eigenvalue weighted by molar-refractivity contribution is -0.140. The highest BCUT2D eigenvalue weighted by Crippen LogP contribution is 2.30. The minimum absolute atomic E-state index is 0.0250. The molecule has 2 saturated carbocycles. The van der Waals surface area contributed by atoms with Gasteiger partial charge < -0.3 is 10.2 Å².